The van der Waals surface area contributed by atoms with Crippen LogP contribution in [0.3, 0.4) is 0 Å². The van der Waals surface area contributed by atoms with Gasteiger partial charge in [0, 0.05) is 25.0 Å². The fourth-order valence-corrected chi connectivity index (χ4v) is 4.07. The topological polar surface area (TPSA) is 42.2 Å². The summed E-state index contributed by atoms with van der Waals surface area (Å²) in [6, 6.07) is 10.7. The molecule has 0 aliphatic carbocycles. The second kappa shape index (κ2) is 7.28. The van der Waals surface area contributed by atoms with Gasteiger partial charge in [-0.2, -0.15) is 0 Å². The molecule has 4 heterocycles. The lowest BCUT2D eigenvalue weighted by Crippen LogP contribution is -2.28. The smallest absolute Gasteiger partial charge is 0.177 e. The van der Waals surface area contributed by atoms with Crippen LogP contribution in [-0.2, 0) is 6.54 Å². The molecular weight excluding hydrogens is 318 g/mol. The summed E-state index contributed by atoms with van der Waals surface area (Å²) in [6.45, 7) is 2.01. The van der Waals surface area contributed by atoms with Crippen LogP contribution in [0, 0.1) is 0 Å². The van der Waals surface area contributed by atoms with Gasteiger partial charge in [0.1, 0.15) is 5.69 Å². The van der Waals surface area contributed by atoms with Gasteiger partial charge < -0.3 is 4.52 Å². The number of aromatic nitrogens is 2. The number of pyridine rings is 1. The fraction of sp³-hybridized carbons (Fsp3) is 0.368. The summed E-state index contributed by atoms with van der Waals surface area (Å²) in [5, 5.41) is 6.47. The molecule has 1 fully saturated rings. The van der Waals surface area contributed by atoms with Crippen LogP contribution < -0.4 is 0 Å². The highest BCUT2D eigenvalue weighted by Crippen LogP contribution is 2.34. The molecule has 5 heteroatoms. The van der Waals surface area contributed by atoms with E-state index in [9.17, 15) is 0 Å². The second-order valence-corrected chi connectivity index (χ2v) is 7.24. The van der Waals surface area contributed by atoms with Crippen molar-refractivity contribution in [1.29, 1.82) is 0 Å². The quantitative estimate of drug-likeness (QED) is 0.677. The molecule has 4 rings (SSSR count). The first-order chi connectivity index (χ1) is 11.9. The molecule has 1 saturated heterocycles. The molecule has 3 aromatic heterocycles. The van der Waals surface area contributed by atoms with Gasteiger partial charge in [-0.05, 0) is 42.5 Å². The number of thiophene rings is 1. The van der Waals surface area contributed by atoms with Gasteiger partial charge in [-0.1, -0.05) is 30.1 Å². The highest BCUT2D eigenvalue weighted by Gasteiger charge is 2.26. The molecule has 1 atom stereocenters. The van der Waals surface area contributed by atoms with Crippen LogP contribution >= 0.6 is 11.3 Å². The van der Waals surface area contributed by atoms with Crippen LogP contribution in [-0.4, -0.2) is 21.6 Å². The Morgan fingerprint density at radius 2 is 2.21 bits per heavy atom. The van der Waals surface area contributed by atoms with Crippen LogP contribution in [0.15, 0.2) is 52.6 Å². The number of hydrogen-bond acceptors (Lipinski definition) is 5. The Morgan fingerprint density at radius 1 is 1.21 bits per heavy atom. The van der Waals surface area contributed by atoms with Crippen molar-refractivity contribution < 1.29 is 4.52 Å². The lowest BCUT2D eigenvalue weighted by molar-refractivity contribution is 0.184. The van der Waals surface area contributed by atoms with Crippen molar-refractivity contribution in [2.24, 2.45) is 0 Å². The molecular formula is C19H21N3OS. The van der Waals surface area contributed by atoms with Crippen molar-refractivity contribution in [3.63, 3.8) is 0 Å². The molecule has 1 aliphatic heterocycles. The molecule has 0 unspecified atom stereocenters. The third kappa shape index (κ3) is 3.42. The number of nitrogens with zero attached hydrogens (tertiary/aromatic N) is 3. The van der Waals surface area contributed by atoms with Gasteiger partial charge in [-0.15, -0.1) is 11.3 Å². The highest BCUT2D eigenvalue weighted by atomic mass is 32.1. The highest BCUT2D eigenvalue weighted by molar-refractivity contribution is 7.13. The van der Waals surface area contributed by atoms with E-state index in [0.29, 0.717) is 6.04 Å². The number of hydrogen-bond donors (Lipinski definition) is 0. The molecule has 0 saturated carbocycles. The molecule has 3 aromatic rings. The van der Waals surface area contributed by atoms with Gasteiger partial charge in [0.05, 0.1) is 10.9 Å². The number of rotatable bonds is 4. The van der Waals surface area contributed by atoms with Gasteiger partial charge in [-0.25, -0.2) is 0 Å². The van der Waals surface area contributed by atoms with Crippen molar-refractivity contribution in [3.05, 3.63) is 59.4 Å². The van der Waals surface area contributed by atoms with Gasteiger partial charge in [0.25, 0.3) is 0 Å². The zero-order chi connectivity index (χ0) is 16.2. The second-order valence-electron chi connectivity index (χ2n) is 6.29. The molecule has 0 radical (unpaired) electrons. The van der Waals surface area contributed by atoms with Gasteiger partial charge in [0.2, 0.25) is 0 Å². The zero-order valence-electron chi connectivity index (χ0n) is 13.6. The Balaban J connectivity index is 1.58. The van der Waals surface area contributed by atoms with E-state index in [0.717, 1.165) is 35.8 Å². The van der Waals surface area contributed by atoms with Crippen molar-refractivity contribution in [1.82, 2.24) is 15.0 Å². The summed E-state index contributed by atoms with van der Waals surface area (Å²) in [6.07, 6.45) is 8.70. The maximum atomic E-state index is 5.62. The van der Waals surface area contributed by atoms with Crippen LogP contribution in [0.1, 0.15) is 43.0 Å². The van der Waals surface area contributed by atoms with E-state index in [-0.39, 0.29) is 0 Å². The van der Waals surface area contributed by atoms with E-state index in [1.54, 1.807) is 11.3 Å². The van der Waals surface area contributed by atoms with Gasteiger partial charge >= 0.3 is 0 Å². The third-order valence-corrected chi connectivity index (χ3v) is 5.49. The predicted octanol–water partition coefficient (Wildman–Crippen LogP) is 4.92. The maximum Gasteiger partial charge on any atom is 0.177 e. The molecule has 124 valence electrons. The standard InChI is InChI=1S/C19H21N3OS/c1-2-7-17(16-12-18(23-21-16)19-8-5-11-24-19)22(10-3-1)14-15-6-4-9-20-13-15/h4-6,8-9,11-13,17H,1-3,7,10,14H2/t17-/m1/s1. The number of likely N-dealkylation sites (tertiary alicyclic amines) is 1. The van der Waals surface area contributed by atoms with E-state index in [1.807, 2.05) is 24.5 Å². The minimum Gasteiger partial charge on any atom is -0.355 e. The van der Waals surface area contributed by atoms with E-state index >= 15 is 0 Å². The van der Waals surface area contributed by atoms with Crippen molar-refractivity contribution >= 4 is 11.3 Å². The largest absolute Gasteiger partial charge is 0.355 e. The Morgan fingerprint density at radius 3 is 3.04 bits per heavy atom. The zero-order valence-corrected chi connectivity index (χ0v) is 14.4. The average molecular weight is 339 g/mol. The molecule has 0 amide bonds. The monoisotopic (exact) mass is 339 g/mol. The first-order valence-corrected chi connectivity index (χ1v) is 9.41. The summed E-state index contributed by atoms with van der Waals surface area (Å²) in [4.78, 5) is 7.92. The van der Waals surface area contributed by atoms with Crippen LogP contribution in [0.2, 0.25) is 0 Å². The fourth-order valence-electron chi connectivity index (χ4n) is 3.40. The van der Waals surface area contributed by atoms with E-state index < -0.39 is 0 Å². The first kappa shape index (κ1) is 15.5. The minimum absolute atomic E-state index is 0.324. The Labute approximate surface area is 146 Å². The molecule has 24 heavy (non-hydrogen) atoms. The van der Waals surface area contributed by atoms with Crippen LogP contribution in [0.5, 0.6) is 0 Å². The van der Waals surface area contributed by atoms with Crippen molar-refractivity contribution in [2.75, 3.05) is 6.54 Å². The van der Waals surface area contributed by atoms with Crippen LogP contribution in [0.4, 0.5) is 0 Å². The average Bonchev–Trinajstić information content (AvgIpc) is 3.25. The van der Waals surface area contributed by atoms with E-state index in [4.69, 9.17) is 4.52 Å². The van der Waals surface area contributed by atoms with Gasteiger partial charge in [0.15, 0.2) is 5.76 Å². The van der Waals surface area contributed by atoms with Gasteiger partial charge in [-0.3, -0.25) is 9.88 Å². The third-order valence-electron chi connectivity index (χ3n) is 4.61. The molecule has 1 aliphatic rings. The van der Waals surface area contributed by atoms with E-state index in [1.165, 1.54) is 24.8 Å². The minimum atomic E-state index is 0.324. The Bertz CT molecular complexity index is 754. The molecule has 4 nitrogen and oxygen atoms in total. The first-order valence-electron chi connectivity index (χ1n) is 8.53. The summed E-state index contributed by atoms with van der Waals surface area (Å²) < 4.78 is 5.62. The molecule has 0 N–H and O–H groups in total. The SMILES string of the molecule is c1cncc(CN2CCCCC[C@@H]2c2cc(-c3cccs3)on2)c1. The normalized spacial score (nSPS) is 19.2. The van der Waals surface area contributed by atoms with Crippen LogP contribution in [0.25, 0.3) is 10.6 Å². The summed E-state index contributed by atoms with van der Waals surface area (Å²) in [7, 11) is 0. The summed E-state index contributed by atoms with van der Waals surface area (Å²) in [5.74, 6) is 0.880. The van der Waals surface area contributed by atoms with Crippen molar-refractivity contribution in [3.8, 4) is 10.6 Å². The Hall–Kier alpha value is -1.98. The summed E-state index contributed by atoms with van der Waals surface area (Å²) >= 11 is 1.69. The van der Waals surface area contributed by atoms with Crippen molar-refractivity contribution in [2.45, 2.75) is 38.3 Å². The lowest BCUT2D eigenvalue weighted by Gasteiger charge is -2.28. The maximum absolute atomic E-state index is 5.62. The predicted molar refractivity (Wildman–Crippen MR) is 95.7 cm³/mol. The Kier molecular flexibility index (Phi) is 4.71. The molecule has 0 bridgehead atoms. The summed E-state index contributed by atoms with van der Waals surface area (Å²) in [5.41, 5.74) is 2.32. The molecule has 0 spiro atoms. The van der Waals surface area contributed by atoms with E-state index in [2.05, 4.69) is 38.6 Å². The molecule has 0 aromatic carbocycles. The lowest BCUT2D eigenvalue weighted by atomic mass is 10.1.